The van der Waals surface area contributed by atoms with Crippen LogP contribution in [-0.2, 0) is 23.9 Å². The Morgan fingerprint density at radius 1 is 0.333 bits per heavy atom. The molecule has 21 rings (SSSR count). The van der Waals surface area contributed by atoms with Gasteiger partial charge in [-0.25, -0.2) is 0 Å². The summed E-state index contributed by atoms with van der Waals surface area (Å²) in [5.74, 6) is 0. The number of benzene rings is 13. The van der Waals surface area contributed by atoms with Crippen molar-refractivity contribution >= 4 is 118 Å². The van der Waals surface area contributed by atoms with E-state index in [1.165, 1.54) is 186 Å². The number of allylic oxidation sites excluding steroid dienone is 4. The Morgan fingerprint density at radius 2 is 0.817 bits per heavy atom. The Morgan fingerprint density at radius 3 is 1.45 bits per heavy atom. The number of thiophene rings is 1. The number of hydrogen-bond acceptors (Lipinski definition) is 1. The predicted molar refractivity (Wildman–Crippen MR) is 396 cm³/mol. The second kappa shape index (κ2) is 19.3. The van der Waals surface area contributed by atoms with Crippen LogP contribution in [0.5, 0.6) is 0 Å². The van der Waals surface area contributed by atoms with Crippen LogP contribution < -0.4 is 0 Å². The van der Waals surface area contributed by atoms with Gasteiger partial charge in [-0.2, -0.15) is 0 Å². The molecule has 0 bridgehead atoms. The summed E-state index contributed by atoms with van der Waals surface area (Å²) in [4.78, 5) is 0. The maximum absolute atomic E-state index is 4.01. The van der Waals surface area contributed by atoms with E-state index in [2.05, 4.69) is 320 Å². The van der Waals surface area contributed by atoms with Crippen LogP contribution in [0.15, 0.2) is 294 Å². The fourth-order valence-corrected chi connectivity index (χ4v) is 20.3. The van der Waals surface area contributed by atoms with E-state index in [9.17, 15) is 0 Å². The molecule has 1 atom stereocenters. The Labute approximate surface area is 558 Å². The average molecular weight is 1330 g/mol. The number of rotatable bonds is 6. The first-order valence-electron chi connectivity index (χ1n) is 32.5. The van der Waals surface area contributed by atoms with Crippen LogP contribution in [0.1, 0.15) is 74.0 Å². The van der Waals surface area contributed by atoms with Gasteiger partial charge in [0.15, 0.2) is 0 Å². The quantitative estimate of drug-likeness (QED) is 0.157. The lowest BCUT2D eigenvalue weighted by Gasteiger charge is -2.34. The zero-order chi connectivity index (χ0) is 61.0. The van der Waals surface area contributed by atoms with E-state index in [1.54, 1.807) is 0 Å². The molecule has 5 aliphatic carbocycles. The third kappa shape index (κ3) is 6.91. The summed E-state index contributed by atoms with van der Waals surface area (Å²) in [5.41, 5.74) is 33.9. The van der Waals surface area contributed by atoms with Crippen LogP contribution in [0.25, 0.3) is 119 Å². The SMILES string of the molecule is Brc1ccccc1Cn1c2ccc(-c3ccccc3)cc2c2ccc3c(c21)-c1ccccc1C31C2=C(C=C(c3ccc4c(c3)sc3cc5c(cc34)c3ccc4c(c3n5Cc3ccccc3Br)-c3ccccc3C43c4ccccc4-c4ccccc43)CC2)c2ccccc21. The highest BCUT2D eigenvalue weighted by molar-refractivity contribution is 9.10. The lowest BCUT2D eigenvalue weighted by atomic mass is 9.67. The third-order valence-corrected chi connectivity index (χ3v) is 24.7. The molecule has 93 heavy (non-hydrogen) atoms. The second-order valence-corrected chi connectivity index (χ2v) is 29.0. The number of halogens is 2. The minimum atomic E-state index is -0.435. The van der Waals surface area contributed by atoms with Gasteiger partial charge in [-0.05, 0) is 167 Å². The molecule has 3 heterocycles. The lowest BCUT2D eigenvalue weighted by molar-refractivity contribution is 0.717. The van der Waals surface area contributed by atoms with E-state index in [1.807, 2.05) is 11.3 Å². The first kappa shape index (κ1) is 52.7. The molecule has 13 aromatic carbocycles. The van der Waals surface area contributed by atoms with Crippen LogP contribution in [0, 0.1) is 0 Å². The normalized spacial score (nSPS) is 16.0. The van der Waals surface area contributed by atoms with Crippen molar-refractivity contribution in [3.8, 4) is 44.5 Å². The van der Waals surface area contributed by atoms with Crippen molar-refractivity contribution in [3.05, 3.63) is 355 Å². The summed E-state index contributed by atoms with van der Waals surface area (Å²) in [6, 6.07) is 104. The van der Waals surface area contributed by atoms with E-state index in [4.69, 9.17) is 0 Å². The summed E-state index contributed by atoms with van der Waals surface area (Å²) >= 11 is 9.93. The maximum atomic E-state index is 4.01. The summed E-state index contributed by atoms with van der Waals surface area (Å²) in [6.45, 7) is 1.47. The highest BCUT2D eigenvalue weighted by Gasteiger charge is 2.55. The Balaban J connectivity index is 0.731. The molecule has 0 saturated heterocycles. The van der Waals surface area contributed by atoms with Crippen LogP contribution in [-0.4, -0.2) is 9.13 Å². The number of hydrogen-bond donors (Lipinski definition) is 0. The summed E-state index contributed by atoms with van der Waals surface area (Å²) in [7, 11) is 0. The predicted octanol–water partition coefficient (Wildman–Crippen LogP) is 23.9. The van der Waals surface area contributed by atoms with E-state index in [0.717, 1.165) is 34.9 Å². The fraction of sp³-hybridized carbons (Fsp3) is 0.0682. The highest BCUT2D eigenvalue weighted by Crippen LogP contribution is 2.67. The van der Waals surface area contributed by atoms with Gasteiger partial charge < -0.3 is 9.13 Å². The topological polar surface area (TPSA) is 9.86 Å². The molecule has 3 aromatic heterocycles. The van der Waals surface area contributed by atoms with Gasteiger partial charge in [0.1, 0.15) is 0 Å². The zero-order valence-electron chi connectivity index (χ0n) is 50.4. The highest BCUT2D eigenvalue weighted by atomic mass is 79.9. The summed E-state index contributed by atoms with van der Waals surface area (Å²) in [6.07, 6.45) is 4.50. The fourth-order valence-electron chi connectivity index (χ4n) is 18.3. The molecule has 1 unspecified atom stereocenters. The monoisotopic (exact) mass is 1330 g/mol. The standard InChI is InChI=1S/C88H54Br2N2S/c89-77-32-16-4-20-55(77)49-91-79-43-36-52(51-18-2-1-3-19-51)45-66(79)61-38-41-76-83(85(61)91)64-26-10-15-31-73(64)88(76)71-29-13-8-24-59(71)65-44-53(35-40-74(65)88)54-34-37-60-68-47-67-62-39-42-75-84(86(62)92(50-56-21-5-17-33-78(56)90)80(67)48-82(68)93-81(60)46-54)63-25-9-14-30-72(63)87(75)69-27-11-6-22-57(69)58-23-7-12-28-70(58)87/h1-34,36-39,41-48H,35,40,49-50H2. The minimum Gasteiger partial charge on any atom is -0.335 e. The summed E-state index contributed by atoms with van der Waals surface area (Å²) < 4.78 is 10.2. The molecule has 5 heteroatoms. The van der Waals surface area contributed by atoms with Crippen molar-refractivity contribution in [1.29, 1.82) is 0 Å². The van der Waals surface area contributed by atoms with E-state index in [-0.39, 0.29) is 0 Å². The molecule has 0 N–H and O–H groups in total. The van der Waals surface area contributed by atoms with Gasteiger partial charge in [0, 0.05) is 80.4 Å². The molecule has 0 aliphatic heterocycles. The molecular weight excluding hydrogens is 1280 g/mol. The molecule has 2 spiro atoms. The van der Waals surface area contributed by atoms with Gasteiger partial charge in [0.25, 0.3) is 0 Å². The number of fused-ring (bicyclic) bond motifs is 30. The van der Waals surface area contributed by atoms with Crippen LogP contribution in [0.2, 0.25) is 0 Å². The second-order valence-electron chi connectivity index (χ2n) is 26.2. The largest absolute Gasteiger partial charge is 0.335 e. The van der Waals surface area contributed by atoms with Gasteiger partial charge in [-0.1, -0.05) is 268 Å². The Kier molecular flexibility index (Phi) is 11.0. The smallest absolute Gasteiger partial charge is 0.0726 e. The average Bonchev–Trinajstić information content (AvgIpc) is 1.51. The molecule has 0 saturated carbocycles. The van der Waals surface area contributed by atoms with Crippen LogP contribution >= 0.6 is 43.2 Å². The first-order valence-corrected chi connectivity index (χ1v) is 34.9. The maximum Gasteiger partial charge on any atom is 0.0726 e. The summed E-state index contributed by atoms with van der Waals surface area (Å²) in [5, 5.41) is 7.80. The van der Waals surface area contributed by atoms with E-state index >= 15 is 0 Å². The van der Waals surface area contributed by atoms with Gasteiger partial charge in [-0.3, -0.25) is 0 Å². The van der Waals surface area contributed by atoms with Crippen LogP contribution in [0.3, 0.4) is 0 Å². The molecule has 436 valence electrons. The molecule has 0 fully saturated rings. The minimum absolute atomic E-state index is 0.427. The van der Waals surface area contributed by atoms with Gasteiger partial charge in [0.2, 0.25) is 0 Å². The molecule has 0 amide bonds. The van der Waals surface area contributed by atoms with E-state index < -0.39 is 10.8 Å². The van der Waals surface area contributed by atoms with Gasteiger partial charge in [0.05, 0.1) is 27.4 Å². The van der Waals surface area contributed by atoms with Crippen molar-refractivity contribution in [2.75, 3.05) is 0 Å². The molecule has 2 nitrogen and oxygen atoms in total. The molecule has 16 aromatic rings. The Hall–Kier alpha value is -9.88. The number of nitrogens with zero attached hydrogens (tertiary/aromatic N) is 2. The van der Waals surface area contributed by atoms with Gasteiger partial charge >= 0.3 is 0 Å². The van der Waals surface area contributed by atoms with E-state index in [0.29, 0.717) is 0 Å². The lowest BCUT2D eigenvalue weighted by Crippen LogP contribution is -2.28. The van der Waals surface area contributed by atoms with Crippen LogP contribution in [0.4, 0.5) is 0 Å². The Bertz CT molecular complexity index is 6060. The van der Waals surface area contributed by atoms with Crippen molar-refractivity contribution in [2.24, 2.45) is 0 Å². The number of aromatic nitrogens is 2. The van der Waals surface area contributed by atoms with Crippen molar-refractivity contribution in [2.45, 2.75) is 36.8 Å². The third-order valence-electron chi connectivity index (χ3n) is 22.0. The zero-order valence-corrected chi connectivity index (χ0v) is 54.4. The van der Waals surface area contributed by atoms with Crippen molar-refractivity contribution < 1.29 is 0 Å². The molecular formula is C88H54Br2N2S. The molecule has 0 radical (unpaired) electrons. The first-order chi connectivity index (χ1) is 45.9. The van der Waals surface area contributed by atoms with Crippen molar-refractivity contribution in [3.63, 3.8) is 0 Å². The van der Waals surface area contributed by atoms with Gasteiger partial charge in [-0.15, -0.1) is 11.3 Å². The van der Waals surface area contributed by atoms with Crippen molar-refractivity contribution in [1.82, 2.24) is 9.13 Å². The molecule has 5 aliphatic rings.